The zero-order chi connectivity index (χ0) is 12.8. The lowest BCUT2D eigenvalue weighted by molar-refractivity contribution is 0.339. The number of hydrogen-bond acceptors (Lipinski definition) is 2. The van der Waals surface area contributed by atoms with Crippen LogP contribution in [0.5, 0.6) is 0 Å². The molecule has 18 heavy (non-hydrogen) atoms. The van der Waals surface area contributed by atoms with Gasteiger partial charge in [0.2, 0.25) is 0 Å². The van der Waals surface area contributed by atoms with Crippen molar-refractivity contribution in [2.45, 2.75) is 39.8 Å². The van der Waals surface area contributed by atoms with Gasteiger partial charge in [0.15, 0.2) is 0 Å². The van der Waals surface area contributed by atoms with E-state index < -0.39 is 0 Å². The Labute approximate surface area is 111 Å². The van der Waals surface area contributed by atoms with Crippen molar-refractivity contribution in [2.24, 2.45) is 5.92 Å². The predicted molar refractivity (Wildman–Crippen MR) is 76.7 cm³/mol. The SMILES string of the molecule is CCCn1ccc(CNCC2CCN(CC)C2)c1. The van der Waals surface area contributed by atoms with Gasteiger partial charge in [0, 0.05) is 32.0 Å². The number of rotatable bonds is 7. The fraction of sp³-hybridized carbons (Fsp3) is 0.733. The van der Waals surface area contributed by atoms with Crippen LogP contribution in [0, 0.1) is 5.92 Å². The van der Waals surface area contributed by atoms with Crippen LogP contribution in [0.4, 0.5) is 0 Å². The predicted octanol–water partition coefficient (Wildman–Crippen LogP) is 2.33. The minimum atomic E-state index is 0.850. The van der Waals surface area contributed by atoms with E-state index in [0.717, 1.165) is 25.6 Å². The molecule has 0 bridgehead atoms. The second-order valence-corrected chi connectivity index (χ2v) is 5.44. The summed E-state index contributed by atoms with van der Waals surface area (Å²) in [5, 5.41) is 3.60. The van der Waals surface area contributed by atoms with Gasteiger partial charge in [-0.2, -0.15) is 0 Å². The zero-order valence-corrected chi connectivity index (χ0v) is 11.9. The molecule has 3 heteroatoms. The summed E-state index contributed by atoms with van der Waals surface area (Å²) in [6.07, 6.45) is 7.02. The van der Waals surface area contributed by atoms with Gasteiger partial charge in [-0.25, -0.2) is 0 Å². The molecule has 0 aromatic carbocycles. The van der Waals surface area contributed by atoms with Crippen molar-refractivity contribution in [3.63, 3.8) is 0 Å². The molecular weight excluding hydrogens is 222 g/mol. The molecule has 1 unspecified atom stereocenters. The molecule has 1 aromatic heterocycles. The summed E-state index contributed by atoms with van der Waals surface area (Å²) in [6, 6.07) is 2.23. The van der Waals surface area contributed by atoms with Crippen LogP contribution in [0.3, 0.4) is 0 Å². The van der Waals surface area contributed by atoms with Gasteiger partial charge in [0.05, 0.1) is 0 Å². The average molecular weight is 249 g/mol. The summed E-state index contributed by atoms with van der Waals surface area (Å²) < 4.78 is 2.28. The van der Waals surface area contributed by atoms with E-state index in [-0.39, 0.29) is 0 Å². The highest BCUT2D eigenvalue weighted by atomic mass is 15.1. The molecule has 3 nitrogen and oxygen atoms in total. The Hall–Kier alpha value is -0.800. The molecule has 0 amide bonds. The van der Waals surface area contributed by atoms with Crippen LogP contribution in [-0.4, -0.2) is 35.6 Å². The van der Waals surface area contributed by atoms with E-state index in [4.69, 9.17) is 0 Å². The maximum Gasteiger partial charge on any atom is 0.0220 e. The number of aromatic nitrogens is 1. The molecule has 102 valence electrons. The van der Waals surface area contributed by atoms with Crippen LogP contribution >= 0.6 is 0 Å². The highest BCUT2D eigenvalue weighted by Crippen LogP contribution is 2.14. The first-order valence-corrected chi connectivity index (χ1v) is 7.39. The fourth-order valence-corrected chi connectivity index (χ4v) is 2.78. The van der Waals surface area contributed by atoms with Gasteiger partial charge in [0.1, 0.15) is 0 Å². The maximum absolute atomic E-state index is 3.60. The normalized spacial score (nSPS) is 20.7. The number of likely N-dealkylation sites (tertiary alicyclic amines) is 1. The van der Waals surface area contributed by atoms with Crippen molar-refractivity contribution in [1.82, 2.24) is 14.8 Å². The van der Waals surface area contributed by atoms with Gasteiger partial charge in [-0.3, -0.25) is 0 Å². The van der Waals surface area contributed by atoms with Crippen molar-refractivity contribution in [3.05, 3.63) is 24.0 Å². The van der Waals surface area contributed by atoms with E-state index in [1.807, 2.05) is 0 Å². The molecule has 0 spiro atoms. The van der Waals surface area contributed by atoms with Crippen LogP contribution < -0.4 is 5.32 Å². The second-order valence-electron chi connectivity index (χ2n) is 5.44. The number of hydrogen-bond donors (Lipinski definition) is 1. The van der Waals surface area contributed by atoms with E-state index in [0.29, 0.717) is 0 Å². The summed E-state index contributed by atoms with van der Waals surface area (Å²) in [5.41, 5.74) is 1.41. The zero-order valence-electron chi connectivity index (χ0n) is 11.9. The van der Waals surface area contributed by atoms with E-state index in [1.165, 1.54) is 38.0 Å². The molecule has 1 aromatic rings. The van der Waals surface area contributed by atoms with Crippen molar-refractivity contribution in [1.29, 1.82) is 0 Å². The largest absolute Gasteiger partial charge is 0.354 e. The standard InChI is InChI=1S/C15H27N3/c1-3-7-18-9-6-15(13-18)11-16-10-14-5-8-17(4-2)12-14/h6,9,13-14,16H,3-5,7-8,10-12H2,1-2H3. The monoisotopic (exact) mass is 249 g/mol. The Morgan fingerprint density at radius 2 is 2.28 bits per heavy atom. The van der Waals surface area contributed by atoms with Gasteiger partial charge in [0.25, 0.3) is 0 Å². The molecule has 1 N–H and O–H groups in total. The quantitative estimate of drug-likeness (QED) is 0.800. The van der Waals surface area contributed by atoms with Gasteiger partial charge in [-0.1, -0.05) is 13.8 Å². The molecule has 1 saturated heterocycles. The highest BCUT2D eigenvalue weighted by Gasteiger charge is 2.20. The van der Waals surface area contributed by atoms with E-state index in [1.54, 1.807) is 0 Å². The van der Waals surface area contributed by atoms with Crippen molar-refractivity contribution >= 4 is 0 Å². The number of aryl methyl sites for hydroxylation is 1. The Kier molecular flexibility index (Phi) is 5.26. The topological polar surface area (TPSA) is 20.2 Å². The lowest BCUT2D eigenvalue weighted by Gasteiger charge is -2.13. The van der Waals surface area contributed by atoms with E-state index in [2.05, 4.69) is 47.1 Å². The third kappa shape index (κ3) is 3.85. The summed E-state index contributed by atoms with van der Waals surface area (Å²) >= 11 is 0. The molecule has 0 saturated carbocycles. The van der Waals surface area contributed by atoms with Gasteiger partial charge < -0.3 is 14.8 Å². The van der Waals surface area contributed by atoms with Crippen molar-refractivity contribution < 1.29 is 0 Å². The number of nitrogens with one attached hydrogen (secondary N) is 1. The third-order valence-corrected chi connectivity index (χ3v) is 3.87. The van der Waals surface area contributed by atoms with Crippen LogP contribution in [0.2, 0.25) is 0 Å². The van der Waals surface area contributed by atoms with Crippen molar-refractivity contribution in [2.75, 3.05) is 26.2 Å². The summed E-state index contributed by atoms with van der Waals surface area (Å²) in [5.74, 6) is 0.850. The summed E-state index contributed by atoms with van der Waals surface area (Å²) in [6.45, 7) is 11.6. The average Bonchev–Trinajstić information content (AvgIpc) is 2.99. The van der Waals surface area contributed by atoms with Crippen molar-refractivity contribution in [3.8, 4) is 0 Å². The lowest BCUT2D eigenvalue weighted by atomic mass is 10.1. The fourth-order valence-electron chi connectivity index (χ4n) is 2.78. The van der Waals surface area contributed by atoms with Crippen LogP contribution in [0.1, 0.15) is 32.3 Å². The van der Waals surface area contributed by atoms with E-state index >= 15 is 0 Å². The molecule has 1 aliphatic heterocycles. The van der Waals surface area contributed by atoms with E-state index in [9.17, 15) is 0 Å². The molecule has 1 aliphatic rings. The molecule has 2 rings (SSSR count). The smallest absolute Gasteiger partial charge is 0.0220 e. The minimum Gasteiger partial charge on any atom is -0.354 e. The second kappa shape index (κ2) is 6.95. The highest BCUT2D eigenvalue weighted by molar-refractivity contribution is 5.09. The molecule has 0 radical (unpaired) electrons. The van der Waals surface area contributed by atoms with Gasteiger partial charge in [-0.05, 0) is 50.0 Å². The molecule has 2 heterocycles. The minimum absolute atomic E-state index is 0.850. The first-order chi connectivity index (χ1) is 8.81. The lowest BCUT2D eigenvalue weighted by Crippen LogP contribution is -2.26. The molecule has 1 fully saturated rings. The number of nitrogens with zero attached hydrogens (tertiary/aromatic N) is 2. The van der Waals surface area contributed by atoms with Crippen LogP contribution in [0.15, 0.2) is 18.5 Å². The van der Waals surface area contributed by atoms with Crippen LogP contribution in [0.25, 0.3) is 0 Å². The Morgan fingerprint density at radius 1 is 1.39 bits per heavy atom. The third-order valence-electron chi connectivity index (χ3n) is 3.87. The first kappa shape index (κ1) is 13.6. The van der Waals surface area contributed by atoms with Gasteiger partial charge in [-0.15, -0.1) is 0 Å². The van der Waals surface area contributed by atoms with Gasteiger partial charge >= 0.3 is 0 Å². The first-order valence-electron chi connectivity index (χ1n) is 7.39. The molecule has 1 atom stereocenters. The summed E-state index contributed by atoms with van der Waals surface area (Å²) in [7, 11) is 0. The molecular formula is C15H27N3. The van der Waals surface area contributed by atoms with Crippen LogP contribution in [-0.2, 0) is 13.1 Å². The Balaban J connectivity index is 1.65. The summed E-state index contributed by atoms with van der Waals surface area (Å²) in [4.78, 5) is 2.55. The Bertz CT molecular complexity index is 345. The molecule has 0 aliphatic carbocycles. The maximum atomic E-state index is 3.60. The Morgan fingerprint density at radius 3 is 3.00 bits per heavy atom.